The highest BCUT2D eigenvalue weighted by atomic mass is 35.5. The molecule has 6 heteroatoms. The maximum atomic E-state index is 13.1. The van der Waals surface area contributed by atoms with Crippen molar-refractivity contribution in [1.29, 1.82) is 0 Å². The molecule has 0 bridgehead atoms. The zero-order chi connectivity index (χ0) is 19.6. The number of hydrogen-bond donors (Lipinski definition) is 0. The number of rotatable bonds is 4. The number of ether oxygens (including phenoxy) is 2. The van der Waals surface area contributed by atoms with Crippen LogP contribution in [-0.4, -0.2) is 51.2 Å². The zero-order valence-electron chi connectivity index (χ0n) is 16.2. The first-order chi connectivity index (χ1) is 13.0. The van der Waals surface area contributed by atoms with Gasteiger partial charge in [-0.25, -0.2) is 0 Å². The number of amides is 1. The lowest BCUT2D eigenvalue weighted by molar-refractivity contribution is 0.0740. The minimum atomic E-state index is -0.0734. The molecular formula is C21H25ClN2O3. The van der Waals surface area contributed by atoms with Crippen molar-refractivity contribution in [3.63, 3.8) is 0 Å². The third-order valence-corrected chi connectivity index (χ3v) is 5.21. The van der Waals surface area contributed by atoms with E-state index in [-0.39, 0.29) is 5.91 Å². The summed E-state index contributed by atoms with van der Waals surface area (Å²) in [6, 6.07) is 9.50. The van der Waals surface area contributed by atoms with Crippen molar-refractivity contribution in [3.05, 3.63) is 52.0 Å². The predicted molar refractivity (Wildman–Crippen MR) is 109 cm³/mol. The Bertz CT molecular complexity index is 800. The van der Waals surface area contributed by atoms with Gasteiger partial charge in [0.1, 0.15) is 17.1 Å². The molecule has 1 amide bonds. The van der Waals surface area contributed by atoms with Crippen molar-refractivity contribution < 1.29 is 14.3 Å². The summed E-state index contributed by atoms with van der Waals surface area (Å²) < 4.78 is 10.8. The number of carbonyl (C=O) groups is 1. The third-order valence-electron chi connectivity index (χ3n) is 4.92. The number of hydrogen-bond acceptors (Lipinski definition) is 4. The van der Waals surface area contributed by atoms with Gasteiger partial charge in [-0.05, 0) is 43.2 Å². The Morgan fingerprint density at radius 2 is 1.59 bits per heavy atom. The third kappa shape index (κ3) is 3.83. The Balaban J connectivity index is 1.78. The van der Waals surface area contributed by atoms with Gasteiger partial charge >= 0.3 is 0 Å². The fourth-order valence-electron chi connectivity index (χ4n) is 3.66. The van der Waals surface area contributed by atoms with Gasteiger partial charge in [0.2, 0.25) is 0 Å². The minimum absolute atomic E-state index is 0.0734. The molecule has 0 saturated carbocycles. The van der Waals surface area contributed by atoms with Crippen LogP contribution in [0.25, 0.3) is 0 Å². The van der Waals surface area contributed by atoms with Crippen LogP contribution in [0.5, 0.6) is 11.5 Å². The van der Waals surface area contributed by atoms with Crippen molar-refractivity contribution in [2.75, 3.05) is 45.3 Å². The number of anilines is 1. The molecule has 1 aliphatic heterocycles. The molecule has 1 heterocycles. The molecule has 1 fully saturated rings. The average molecular weight is 389 g/mol. The van der Waals surface area contributed by atoms with E-state index in [1.807, 2.05) is 24.0 Å². The number of nitrogens with zero attached hydrogens (tertiary/aromatic N) is 2. The fraction of sp³-hybridized carbons (Fsp3) is 0.381. The summed E-state index contributed by atoms with van der Waals surface area (Å²) in [5.41, 5.74) is 3.84. The first-order valence-electron chi connectivity index (χ1n) is 8.98. The number of methoxy groups -OCH3 is 2. The Morgan fingerprint density at radius 3 is 2.11 bits per heavy atom. The van der Waals surface area contributed by atoms with Crippen LogP contribution in [0.15, 0.2) is 30.3 Å². The van der Waals surface area contributed by atoms with E-state index in [4.69, 9.17) is 21.1 Å². The Hall–Kier alpha value is -2.40. The topological polar surface area (TPSA) is 42.0 Å². The highest BCUT2D eigenvalue weighted by Crippen LogP contribution is 2.33. The number of piperazine rings is 1. The number of benzene rings is 2. The molecule has 0 aromatic heterocycles. The maximum absolute atomic E-state index is 13.1. The fourth-order valence-corrected chi connectivity index (χ4v) is 4.10. The van der Waals surface area contributed by atoms with Gasteiger partial charge in [0.25, 0.3) is 5.91 Å². The normalized spacial score (nSPS) is 14.3. The van der Waals surface area contributed by atoms with Crippen molar-refractivity contribution in [2.45, 2.75) is 13.8 Å². The highest BCUT2D eigenvalue weighted by molar-refractivity contribution is 6.33. The van der Waals surface area contributed by atoms with Crippen LogP contribution >= 0.6 is 11.6 Å². The summed E-state index contributed by atoms with van der Waals surface area (Å²) >= 11 is 6.49. The van der Waals surface area contributed by atoms with Gasteiger partial charge in [0, 0.05) is 26.2 Å². The van der Waals surface area contributed by atoms with E-state index in [2.05, 4.69) is 17.9 Å². The largest absolute Gasteiger partial charge is 0.496 e. The summed E-state index contributed by atoms with van der Waals surface area (Å²) in [7, 11) is 3.12. The summed E-state index contributed by atoms with van der Waals surface area (Å²) in [6.07, 6.45) is 0. The summed E-state index contributed by atoms with van der Waals surface area (Å²) in [5, 5.41) is 0.763. The molecule has 0 unspecified atom stereocenters. The molecule has 2 aromatic carbocycles. The predicted octanol–water partition coefficient (Wildman–Crippen LogP) is 3.94. The highest BCUT2D eigenvalue weighted by Gasteiger charge is 2.28. The van der Waals surface area contributed by atoms with E-state index in [1.165, 1.54) is 0 Å². The van der Waals surface area contributed by atoms with Crippen LogP contribution in [0.4, 0.5) is 5.69 Å². The molecule has 144 valence electrons. The second kappa shape index (κ2) is 8.09. The van der Waals surface area contributed by atoms with Gasteiger partial charge in [-0.15, -0.1) is 0 Å². The Kier molecular flexibility index (Phi) is 5.80. The molecule has 1 saturated heterocycles. The van der Waals surface area contributed by atoms with E-state index >= 15 is 0 Å². The second-order valence-electron chi connectivity index (χ2n) is 6.73. The van der Waals surface area contributed by atoms with E-state index < -0.39 is 0 Å². The molecule has 0 spiro atoms. The molecule has 0 N–H and O–H groups in total. The van der Waals surface area contributed by atoms with Gasteiger partial charge in [0.05, 0.1) is 24.9 Å². The molecule has 0 atom stereocenters. The standard InChI is InChI=1S/C21H25ClN2O3/c1-14-12-15(2)20(16(22)13-14)23-8-10-24(11-9-23)21(25)19-17(26-3)6-5-7-18(19)27-4/h5-7,12-13H,8-11H2,1-4H3. The molecule has 5 nitrogen and oxygen atoms in total. The van der Waals surface area contributed by atoms with Crippen LogP contribution in [0.1, 0.15) is 21.5 Å². The second-order valence-corrected chi connectivity index (χ2v) is 7.14. The molecule has 0 aliphatic carbocycles. The van der Waals surface area contributed by atoms with Gasteiger partial charge in [-0.3, -0.25) is 4.79 Å². The van der Waals surface area contributed by atoms with Crippen molar-refractivity contribution in [1.82, 2.24) is 4.90 Å². The molecule has 2 aromatic rings. The maximum Gasteiger partial charge on any atom is 0.261 e. The average Bonchev–Trinajstić information content (AvgIpc) is 2.66. The van der Waals surface area contributed by atoms with Gasteiger partial charge in [0.15, 0.2) is 0 Å². The SMILES string of the molecule is COc1cccc(OC)c1C(=O)N1CCN(c2c(C)cc(C)cc2Cl)CC1. The smallest absolute Gasteiger partial charge is 0.261 e. The molecule has 0 radical (unpaired) electrons. The summed E-state index contributed by atoms with van der Waals surface area (Å²) in [4.78, 5) is 17.2. The van der Waals surface area contributed by atoms with E-state index in [0.717, 1.165) is 34.9 Å². The first kappa shape index (κ1) is 19.4. The van der Waals surface area contributed by atoms with Gasteiger partial charge < -0.3 is 19.3 Å². The minimum Gasteiger partial charge on any atom is -0.496 e. The first-order valence-corrected chi connectivity index (χ1v) is 9.36. The molecular weight excluding hydrogens is 364 g/mol. The number of aryl methyl sites for hydroxylation is 2. The van der Waals surface area contributed by atoms with E-state index in [0.29, 0.717) is 30.2 Å². The Labute approximate surface area is 165 Å². The lowest BCUT2D eigenvalue weighted by atomic mass is 10.1. The van der Waals surface area contributed by atoms with Crippen LogP contribution < -0.4 is 14.4 Å². The van der Waals surface area contributed by atoms with Crippen LogP contribution in [0.3, 0.4) is 0 Å². The monoisotopic (exact) mass is 388 g/mol. The number of halogens is 1. The summed E-state index contributed by atoms with van der Waals surface area (Å²) in [6.45, 7) is 6.80. The molecule has 1 aliphatic rings. The van der Waals surface area contributed by atoms with Crippen molar-refractivity contribution in [2.24, 2.45) is 0 Å². The lowest BCUT2D eigenvalue weighted by Crippen LogP contribution is -2.49. The van der Waals surface area contributed by atoms with Gasteiger partial charge in [-0.1, -0.05) is 23.7 Å². The quantitative estimate of drug-likeness (QED) is 0.795. The summed E-state index contributed by atoms with van der Waals surface area (Å²) in [5.74, 6) is 0.981. The van der Waals surface area contributed by atoms with Crippen LogP contribution in [0, 0.1) is 13.8 Å². The van der Waals surface area contributed by atoms with Crippen molar-refractivity contribution >= 4 is 23.2 Å². The lowest BCUT2D eigenvalue weighted by Gasteiger charge is -2.37. The van der Waals surface area contributed by atoms with E-state index in [1.54, 1.807) is 26.4 Å². The molecule has 3 rings (SSSR count). The van der Waals surface area contributed by atoms with Crippen LogP contribution in [-0.2, 0) is 0 Å². The Morgan fingerprint density at radius 1 is 1.00 bits per heavy atom. The zero-order valence-corrected chi connectivity index (χ0v) is 17.0. The number of carbonyl (C=O) groups excluding carboxylic acids is 1. The van der Waals surface area contributed by atoms with Crippen LogP contribution in [0.2, 0.25) is 5.02 Å². The molecule has 27 heavy (non-hydrogen) atoms. The van der Waals surface area contributed by atoms with E-state index in [9.17, 15) is 4.79 Å². The van der Waals surface area contributed by atoms with Crippen molar-refractivity contribution in [3.8, 4) is 11.5 Å². The van der Waals surface area contributed by atoms with Gasteiger partial charge in [-0.2, -0.15) is 0 Å².